The quantitative estimate of drug-likeness (QED) is 0.761. The highest BCUT2D eigenvalue weighted by Crippen LogP contribution is 2.31. The Morgan fingerprint density at radius 2 is 2.08 bits per heavy atom. The highest BCUT2D eigenvalue weighted by atomic mass is 16.2. The van der Waals surface area contributed by atoms with Gasteiger partial charge in [-0.1, -0.05) is 19.1 Å². The van der Waals surface area contributed by atoms with Crippen LogP contribution in [0.4, 0.5) is 0 Å². The molecule has 1 atom stereocenters. The molecule has 0 saturated carbocycles. The number of fused-ring (bicyclic) bond motifs is 1. The summed E-state index contributed by atoms with van der Waals surface area (Å²) in [6.45, 7) is 2.63. The minimum Gasteiger partial charge on any atom is -0.340 e. The summed E-state index contributed by atoms with van der Waals surface area (Å²) in [6, 6.07) is 11.0. The van der Waals surface area contributed by atoms with Crippen molar-refractivity contribution in [2.75, 3.05) is 6.54 Å². The predicted molar refractivity (Wildman–Crippen MR) is 100 cm³/mol. The van der Waals surface area contributed by atoms with Gasteiger partial charge in [0.2, 0.25) is 5.56 Å². The third-order valence-electron chi connectivity index (χ3n) is 5.01. The predicted octanol–water partition coefficient (Wildman–Crippen LogP) is 3.18. The zero-order chi connectivity index (χ0) is 18.1. The number of imidazole rings is 1. The van der Waals surface area contributed by atoms with Gasteiger partial charge < -0.3 is 14.9 Å². The SMILES string of the molecule is CCc1cc(C(=O)N2CCCC[C@H]2c2nc3ccccc3[nH]2)cc(=O)[nH]1. The summed E-state index contributed by atoms with van der Waals surface area (Å²) in [6.07, 6.45) is 3.58. The number of benzene rings is 1. The van der Waals surface area contributed by atoms with Crippen LogP contribution in [0.25, 0.3) is 11.0 Å². The van der Waals surface area contributed by atoms with Gasteiger partial charge in [-0.15, -0.1) is 0 Å². The van der Waals surface area contributed by atoms with Crippen molar-refractivity contribution in [1.82, 2.24) is 19.9 Å². The summed E-state index contributed by atoms with van der Waals surface area (Å²) < 4.78 is 0. The van der Waals surface area contributed by atoms with E-state index in [1.807, 2.05) is 36.1 Å². The molecule has 1 aliphatic rings. The first kappa shape index (κ1) is 16.6. The average Bonchev–Trinajstić information content (AvgIpc) is 3.11. The molecule has 0 aliphatic carbocycles. The average molecular weight is 350 g/mol. The molecule has 1 fully saturated rings. The fraction of sp³-hybridized carbons (Fsp3) is 0.350. The van der Waals surface area contributed by atoms with Crippen LogP contribution in [0, 0.1) is 0 Å². The van der Waals surface area contributed by atoms with Crippen LogP contribution in [-0.4, -0.2) is 32.3 Å². The van der Waals surface area contributed by atoms with Gasteiger partial charge in [-0.25, -0.2) is 4.98 Å². The highest BCUT2D eigenvalue weighted by Gasteiger charge is 2.31. The summed E-state index contributed by atoms with van der Waals surface area (Å²) in [5, 5.41) is 0. The minimum atomic E-state index is -0.231. The standard InChI is InChI=1S/C20H22N4O2/c1-2-14-11-13(12-18(25)21-14)20(26)24-10-6-5-9-17(24)19-22-15-7-3-4-8-16(15)23-19/h3-4,7-8,11-12,17H,2,5-6,9-10H2,1H3,(H,21,25)(H,22,23)/t17-/m0/s1. The van der Waals surface area contributed by atoms with Crippen molar-refractivity contribution in [3.8, 4) is 0 Å². The number of carbonyl (C=O) groups excluding carboxylic acids is 1. The zero-order valence-electron chi connectivity index (χ0n) is 14.8. The van der Waals surface area contributed by atoms with Crippen molar-refractivity contribution in [2.45, 2.75) is 38.6 Å². The molecular weight excluding hydrogens is 328 g/mol. The monoisotopic (exact) mass is 350 g/mol. The van der Waals surface area contributed by atoms with Crippen molar-refractivity contribution in [3.05, 3.63) is 63.8 Å². The molecule has 0 unspecified atom stereocenters. The molecule has 6 nitrogen and oxygen atoms in total. The molecule has 0 bridgehead atoms. The Hall–Kier alpha value is -2.89. The molecule has 3 aromatic rings. The van der Waals surface area contributed by atoms with Crippen LogP contribution < -0.4 is 5.56 Å². The zero-order valence-corrected chi connectivity index (χ0v) is 14.8. The maximum absolute atomic E-state index is 13.2. The van der Waals surface area contributed by atoms with Crippen molar-refractivity contribution in [1.29, 1.82) is 0 Å². The normalized spacial score (nSPS) is 17.6. The number of amides is 1. The van der Waals surface area contributed by atoms with Crippen LogP contribution >= 0.6 is 0 Å². The second-order valence-electron chi connectivity index (χ2n) is 6.76. The molecule has 3 heterocycles. The number of aromatic amines is 2. The van der Waals surface area contributed by atoms with E-state index in [4.69, 9.17) is 4.98 Å². The maximum Gasteiger partial charge on any atom is 0.254 e. The van der Waals surface area contributed by atoms with Gasteiger partial charge in [-0.2, -0.15) is 0 Å². The van der Waals surface area contributed by atoms with Crippen LogP contribution in [0.2, 0.25) is 0 Å². The Balaban J connectivity index is 1.70. The topological polar surface area (TPSA) is 81.8 Å². The van der Waals surface area contributed by atoms with Crippen LogP contribution in [0.15, 0.2) is 41.2 Å². The molecule has 6 heteroatoms. The van der Waals surface area contributed by atoms with Crippen molar-refractivity contribution >= 4 is 16.9 Å². The number of aryl methyl sites for hydroxylation is 1. The van der Waals surface area contributed by atoms with E-state index in [0.29, 0.717) is 18.5 Å². The van der Waals surface area contributed by atoms with Crippen LogP contribution in [0.3, 0.4) is 0 Å². The van der Waals surface area contributed by atoms with Crippen LogP contribution in [0.1, 0.15) is 54.1 Å². The molecule has 2 N–H and O–H groups in total. The largest absolute Gasteiger partial charge is 0.340 e. The molecule has 4 rings (SSSR count). The molecule has 0 spiro atoms. The summed E-state index contributed by atoms with van der Waals surface area (Å²) >= 11 is 0. The van der Waals surface area contributed by atoms with Crippen LogP contribution in [0.5, 0.6) is 0 Å². The Morgan fingerprint density at radius 3 is 2.88 bits per heavy atom. The van der Waals surface area contributed by atoms with E-state index in [1.165, 1.54) is 6.07 Å². The van der Waals surface area contributed by atoms with E-state index in [2.05, 4.69) is 9.97 Å². The van der Waals surface area contributed by atoms with Crippen LogP contribution in [-0.2, 0) is 6.42 Å². The van der Waals surface area contributed by atoms with Gasteiger partial charge in [0.05, 0.1) is 17.1 Å². The first-order valence-electron chi connectivity index (χ1n) is 9.14. The van der Waals surface area contributed by atoms with E-state index in [1.54, 1.807) is 6.07 Å². The highest BCUT2D eigenvalue weighted by molar-refractivity contribution is 5.94. The minimum absolute atomic E-state index is 0.0898. The van der Waals surface area contributed by atoms with Crippen molar-refractivity contribution < 1.29 is 4.79 Å². The third kappa shape index (κ3) is 3.03. The molecular formula is C20H22N4O2. The molecule has 1 saturated heterocycles. The number of carbonyl (C=O) groups is 1. The number of rotatable bonds is 3. The number of aromatic nitrogens is 3. The molecule has 26 heavy (non-hydrogen) atoms. The smallest absolute Gasteiger partial charge is 0.254 e. The number of hydrogen-bond donors (Lipinski definition) is 2. The first-order chi connectivity index (χ1) is 12.7. The fourth-order valence-corrected chi connectivity index (χ4v) is 3.67. The molecule has 1 aromatic carbocycles. The van der Waals surface area contributed by atoms with E-state index >= 15 is 0 Å². The van der Waals surface area contributed by atoms with E-state index in [-0.39, 0.29) is 17.5 Å². The molecule has 134 valence electrons. The summed E-state index contributed by atoms with van der Waals surface area (Å²) in [5.41, 5.74) is 2.88. The lowest BCUT2D eigenvalue weighted by Crippen LogP contribution is -2.39. The van der Waals surface area contributed by atoms with Gasteiger partial charge in [0, 0.05) is 23.9 Å². The molecule has 2 aromatic heterocycles. The Kier molecular flexibility index (Phi) is 4.32. The van der Waals surface area contributed by atoms with Crippen molar-refractivity contribution in [2.24, 2.45) is 0 Å². The van der Waals surface area contributed by atoms with Gasteiger partial charge in [-0.3, -0.25) is 9.59 Å². The van der Waals surface area contributed by atoms with Gasteiger partial charge in [0.15, 0.2) is 0 Å². The summed E-state index contributed by atoms with van der Waals surface area (Å²) in [4.78, 5) is 37.7. The lowest BCUT2D eigenvalue weighted by molar-refractivity contribution is 0.0601. The summed E-state index contributed by atoms with van der Waals surface area (Å²) in [7, 11) is 0. The lowest BCUT2D eigenvalue weighted by atomic mass is 10.00. The number of nitrogens with zero attached hydrogens (tertiary/aromatic N) is 2. The number of nitrogens with one attached hydrogen (secondary N) is 2. The van der Waals surface area contributed by atoms with E-state index in [9.17, 15) is 9.59 Å². The number of piperidine rings is 1. The Morgan fingerprint density at radius 1 is 1.23 bits per heavy atom. The number of para-hydroxylation sites is 2. The second-order valence-corrected chi connectivity index (χ2v) is 6.76. The van der Waals surface area contributed by atoms with E-state index in [0.717, 1.165) is 41.8 Å². The summed E-state index contributed by atoms with van der Waals surface area (Å²) in [5.74, 6) is 0.718. The van der Waals surface area contributed by atoms with Crippen molar-refractivity contribution in [3.63, 3.8) is 0 Å². The Labute approximate surface area is 151 Å². The lowest BCUT2D eigenvalue weighted by Gasteiger charge is -2.34. The van der Waals surface area contributed by atoms with Gasteiger partial charge in [0.25, 0.3) is 5.91 Å². The number of hydrogen-bond acceptors (Lipinski definition) is 3. The molecule has 1 aliphatic heterocycles. The molecule has 1 amide bonds. The second kappa shape index (κ2) is 6.78. The van der Waals surface area contributed by atoms with Gasteiger partial charge in [-0.05, 0) is 43.9 Å². The number of H-pyrrole nitrogens is 2. The maximum atomic E-state index is 13.2. The first-order valence-corrected chi connectivity index (χ1v) is 9.14. The van der Waals surface area contributed by atoms with Gasteiger partial charge >= 0.3 is 0 Å². The van der Waals surface area contributed by atoms with Gasteiger partial charge in [0.1, 0.15) is 5.82 Å². The fourth-order valence-electron chi connectivity index (χ4n) is 3.67. The van der Waals surface area contributed by atoms with E-state index < -0.39 is 0 Å². The number of likely N-dealkylation sites (tertiary alicyclic amines) is 1. The number of pyridine rings is 1. The molecule has 0 radical (unpaired) electrons. The Bertz CT molecular complexity index is 971. The third-order valence-corrected chi connectivity index (χ3v) is 5.01.